The van der Waals surface area contributed by atoms with E-state index in [-0.39, 0.29) is 29.8 Å². The van der Waals surface area contributed by atoms with Crippen LogP contribution in [0.5, 0.6) is 0 Å². The SMILES string of the molecule is O=C(CCCCCN1C(=O)C=CC1=O)ON1C(=O)CC(S(=O)O)C1=O. The summed E-state index contributed by atoms with van der Waals surface area (Å²) in [7, 11) is 0. The van der Waals surface area contributed by atoms with Crippen LogP contribution in [0.1, 0.15) is 32.1 Å². The van der Waals surface area contributed by atoms with Gasteiger partial charge in [-0.15, -0.1) is 5.06 Å². The molecule has 25 heavy (non-hydrogen) atoms. The molecule has 4 amide bonds. The van der Waals surface area contributed by atoms with Crippen molar-refractivity contribution in [2.45, 2.75) is 37.4 Å². The highest BCUT2D eigenvalue weighted by Crippen LogP contribution is 2.18. The average Bonchev–Trinajstić information content (AvgIpc) is 3.01. The van der Waals surface area contributed by atoms with E-state index in [0.29, 0.717) is 19.3 Å². The lowest BCUT2D eigenvalue weighted by atomic mass is 10.2. The van der Waals surface area contributed by atoms with Crippen molar-refractivity contribution < 1.29 is 37.6 Å². The first-order valence-corrected chi connectivity index (χ1v) is 8.69. The molecule has 1 fully saturated rings. The van der Waals surface area contributed by atoms with Gasteiger partial charge in [-0.3, -0.25) is 24.1 Å². The van der Waals surface area contributed by atoms with E-state index in [1.54, 1.807) is 0 Å². The number of hydrogen-bond donors (Lipinski definition) is 1. The van der Waals surface area contributed by atoms with Crippen molar-refractivity contribution in [2.75, 3.05) is 6.54 Å². The maximum absolute atomic E-state index is 11.7. The van der Waals surface area contributed by atoms with Gasteiger partial charge in [0.15, 0.2) is 16.3 Å². The van der Waals surface area contributed by atoms with Gasteiger partial charge in [0.25, 0.3) is 23.6 Å². The van der Waals surface area contributed by atoms with Crippen molar-refractivity contribution >= 4 is 40.7 Å². The van der Waals surface area contributed by atoms with Gasteiger partial charge in [-0.1, -0.05) is 6.42 Å². The van der Waals surface area contributed by atoms with E-state index < -0.39 is 40.5 Å². The van der Waals surface area contributed by atoms with Gasteiger partial charge >= 0.3 is 5.97 Å². The molecule has 2 aliphatic rings. The zero-order valence-electron chi connectivity index (χ0n) is 13.1. The number of hydroxylamine groups is 2. The van der Waals surface area contributed by atoms with Crippen LogP contribution < -0.4 is 0 Å². The molecule has 10 nitrogen and oxygen atoms in total. The van der Waals surface area contributed by atoms with Crippen LogP contribution in [-0.2, 0) is 39.9 Å². The summed E-state index contributed by atoms with van der Waals surface area (Å²) in [6, 6.07) is 0. The Morgan fingerprint density at radius 2 is 1.80 bits per heavy atom. The molecule has 2 unspecified atom stereocenters. The zero-order chi connectivity index (χ0) is 18.6. The van der Waals surface area contributed by atoms with Crippen LogP contribution in [0.15, 0.2) is 12.2 Å². The van der Waals surface area contributed by atoms with Gasteiger partial charge in [0.2, 0.25) is 0 Å². The second-order valence-electron chi connectivity index (χ2n) is 5.43. The molecule has 0 aromatic rings. The molecule has 2 aliphatic heterocycles. The Labute approximate surface area is 145 Å². The third-order valence-corrected chi connectivity index (χ3v) is 4.52. The molecule has 136 valence electrons. The molecule has 2 atom stereocenters. The fourth-order valence-electron chi connectivity index (χ4n) is 2.35. The van der Waals surface area contributed by atoms with Gasteiger partial charge in [-0.2, -0.15) is 0 Å². The van der Waals surface area contributed by atoms with Crippen LogP contribution in [0.2, 0.25) is 0 Å². The first kappa shape index (κ1) is 18.9. The van der Waals surface area contributed by atoms with Crippen molar-refractivity contribution in [2.24, 2.45) is 0 Å². The minimum atomic E-state index is -2.51. The number of rotatable bonds is 8. The number of amides is 4. The Morgan fingerprint density at radius 1 is 1.16 bits per heavy atom. The summed E-state index contributed by atoms with van der Waals surface area (Å²) in [6.45, 7) is 0.243. The third-order valence-electron chi connectivity index (χ3n) is 3.66. The summed E-state index contributed by atoms with van der Waals surface area (Å²) >= 11 is -2.51. The van der Waals surface area contributed by atoms with Crippen LogP contribution in [0.25, 0.3) is 0 Å². The minimum Gasteiger partial charge on any atom is -0.330 e. The standard InChI is InChI=1S/C14H16N2O8S/c17-10-5-6-11(18)15(10)7-3-1-2-4-13(20)24-16-12(19)8-9(14(16)21)25(22)23/h5-6,9H,1-4,7-8H2,(H,22,23). The van der Waals surface area contributed by atoms with Crippen molar-refractivity contribution in [3.05, 3.63) is 12.2 Å². The van der Waals surface area contributed by atoms with E-state index in [1.165, 1.54) is 12.2 Å². The van der Waals surface area contributed by atoms with E-state index in [0.717, 1.165) is 4.90 Å². The topological polar surface area (TPSA) is 138 Å². The average molecular weight is 372 g/mol. The van der Waals surface area contributed by atoms with Gasteiger partial charge in [0.1, 0.15) is 0 Å². The summed E-state index contributed by atoms with van der Waals surface area (Å²) in [4.78, 5) is 63.2. The fourth-order valence-corrected chi connectivity index (χ4v) is 2.90. The molecule has 0 aromatic carbocycles. The number of carbonyl (C=O) groups excluding carboxylic acids is 5. The highest BCUT2D eigenvalue weighted by Gasteiger charge is 2.44. The number of hydrogen-bond acceptors (Lipinski definition) is 7. The van der Waals surface area contributed by atoms with E-state index in [1.807, 2.05) is 0 Å². The highest BCUT2D eigenvalue weighted by atomic mass is 32.2. The first-order valence-electron chi connectivity index (χ1n) is 7.52. The third kappa shape index (κ3) is 4.57. The minimum absolute atomic E-state index is 0.0793. The van der Waals surface area contributed by atoms with Crippen LogP contribution in [-0.4, -0.2) is 60.1 Å². The Kier molecular flexibility index (Phi) is 6.15. The zero-order valence-corrected chi connectivity index (χ0v) is 13.9. The summed E-state index contributed by atoms with van der Waals surface area (Å²) < 4.78 is 19.8. The van der Waals surface area contributed by atoms with E-state index in [4.69, 9.17) is 4.55 Å². The van der Waals surface area contributed by atoms with Crippen LogP contribution >= 0.6 is 0 Å². The van der Waals surface area contributed by atoms with Crippen LogP contribution in [0.3, 0.4) is 0 Å². The summed E-state index contributed by atoms with van der Waals surface area (Å²) in [5, 5.41) is -1.18. The Balaban J connectivity index is 1.67. The molecule has 0 aromatic heterocycles. The first-order chi connectivity index (χ1) is 11.8. The number of carbonyl (C=O) groups is 5. The molecule has 0 bridgehead atoms. The Bertz CT molecular complexity index is 656. The van der Waals surface area contributed by atoms with Gasteiger partial charge < -0.3 is 9.39 Å². The van der Waals surface area contributed by atoms with Crippen LogP contribution in [0.4, 0.5) is 0 Å². The molecule has 2 heterocycles. The molecular weight excluding hydrogens is 356 g/mol. The molecule has 1 N–H and O–H groups in total. The summed E-state index contributed by atoms with van der Waals surface area (Å²) in [6.07, 6.45) is 3.21. The van der Waals surface area contributed by atoms with E-state index in [2.05, 4.69) is 4.84 Å². The Hall–Kier alpha value is -2.40. The quantitative estimate of drug-likeness (QED) is 0.335. The smallest absolute Gasteiger partial charge is 0.330 e. The monoisotopic (exact) mass is 372 g/mol. The summed E-state index contributed by atoms with van der Waals surface area (Å²) in [5.74, 6) is -3.42. The van der Waals surface area contributed by atoms with Crippen molar-refractivity contribution in [1.82, 2.24) is 9.96 Å². The normalized spacial score (nSPS) is 21.4. The Morgan fingerprint density at radius 3 is 2.36 bits per heavy atom. The maximum Gasteiger partial charge on any atom is 0.333 e. The molecule has 1 saturated heterocycles. The second-order valence-corrected chi connectivity index (χ2v) is 6.55. The molecule has 0 spiro atoms. The molecule has 0 saturated carbocycles. The van der Waals surface area contributed by atoms with Gasteiger partial charge in [-0.05, 0) is 12.8 Å². The van der Waals surface area contributed by atoms with Crippen LogP contribution in [0, 0.1) is 0 Å². The predicted molar refractivity (Wildman–Crippen MR) is 81.4 cm³/mol. The fraction of sp³-hybridized carbons (Fsp3) is 0.500. The molecule has 0 aliphatic carbocycles. The molecule has 11 heteroatoms. The van der Waals surface area contributed by atoms with Crippen molar-refractivity contribution in [1.29, 1.82) is 0 Å². The van der Waals surface area contributed by atoms with Gasteiger partial charge in [-0.25, -0.2) is 9.00 Å². The highest BCUT2D eigenvalue weighted by molar-refractivity contribution is 7.80. The summed E-state index contributed by atoms with van der Waals surface area (Å²) in [5.41, 5.74) is 0. The lowest BCUT2D eigenvalue weighted by Gasteiger charge is -2.14. The lowest BCUT2D eigenvalue weighted by Crippen LogP contribution is -2.35. The molecule has 0 radical (unpaired) electrons. The predicted octanol–water partition coefficient (Wildman–Crippen LogP) is -0.721. The number of unbranched alkanes of at least 4 members (excludes halogenated alkanes) is 2. The van der Waals surface area contributed by atoms with E-state index >= 15 is 0 Å². The largest absolute Gasteiger partial charge is 0.333 e. The maximum atomic E-state index is 11.7. The molecular formula is C14H16N2O8S. The van der Waals surface area contributed by atoms with Crippen molar-refractivity contribution in [3.8, 4) is 0 Å². The number of nitrogens with zero attached hydrogens (tertiary/aromatic N) is 2. The number of imide groups is 2. The second kappa shape index (κ2) is 8.12. The molecule has 2 rings (SSSR count). The lowest BCUT2D eigenvalue weighted by molar-refractivity contribution is -0.197. The van der Waals surface area contributed by atoms with E-state index in [9.17, 15) is 28.2 Å². The van der Waals surface area contributed by atoms with Gasteiger partial charge in [0, 0.05) is 25.1 Å². The van der Waals surface area contributed by atoms with Crippen molar-refractivity contribution in [3.63, 3.8) is 0 Å². The van der Waals surface area contributed by atoms with Gasteiger partial charge in [0.05, 0.1) is 6.42 Å².